The lowest BCUT2D eigenvalue weighted by molar-refractivity contribution is -0.115. The van der Waals surface area contributed by atoms with E-state index in [1.165, 1.54) is 31.1 Å². The lowest BCUT2D eigenvalue weighted by Crippen LogP contribution is -2.15. The Bertz CT molecular complexity index is 750. The van der Waals surface area contributed by atoms with Gasteiger partial charge >= 0.3 is 5.97 Å². The Kier molecular flexibility index (Phi) is 4.94. The van der Waals surface area contributed by atoms with Gasteiger partial charge in [0.05, 0.1) is 19.1 Å². The number of aryl methyl sites for hydroxylation is 2. The number of benzene rings is 2. The highest BCUT2D eigenvalue weighted by Gasteiger charge is 2.11. The summed E-state index contributed by atoms with van der Waals surface area (Å²) < 4.78 is 4.66. The van der Waals surface area contributed by atoms with Crippen molar-refractivity contribution in [3.8, 4) is 0 Å². The second kappa shape index (κ2) is 7.30. The molecular weight excluding hydrogens is 302 g/mol. The van der Waals surface area contributed by atoms with Gasteiger partial charge in [0.1, 0.15) is 0 Å². The molecule has 1 N–H and O–H groups in total. The van der Waals surface area contributed by atoms with Crippen molar-refractivity contribution in [1.82, 2.24) is 0 Å². The highest BCUT2D eigenvalue weighted by molar-refractivity contribution is 5.94. The van der Waals surface area contributed by atoms with Crippen molar-refractivity contribution in [2.45, 2.75) is 32.1 Å². The first-order chi connectivity index (χ1) is 11.7. The molecule has 0 aliphatic heterocycles. The van der Waals surface area contributed by atoms with Crippen molar-refractivity contribution >= 4 is 17.6 Å². The summed E-state index contributed by atoms with van der Waals surface area (Å²) in [6.45, 7) is 0. The summed E-state index contributed by atoms with van der Waals surface area (Å²) in [6, 6.07) is 13.1. The summed E-state index contributed by atoms with van der Waals surface area (Å²) in [5.74, 6) is -0.446. The van der Waals surface area contributed by atoms with Gasteiger partial charge in [0, 0.05) is 5.69 Å². The molecule has 0 unspecified atom stereocenters. The fourth-order valence-electron chi connectivity index (χ4n) is 3.09. The van der Waals surface area contributed by atoms with E-state index in [9.17, 15) is 9.59 Å². The SMILES string of the molecule is COC(=O)c1ccc(NC(=O)Cc2ccc3c(c2)CCCC3)cc1. The predicted octanol–water partition coefficient (Wildman–Crippen LogP) is 3.53. The Morgan fingerprint density at radius 3 is 2.42 bits per heavy atom. The number of methoxy groups -OCH3 is 1. The van der Waals surface area contributed by atoms with Crippen LogP contribution in [0.2, 0.25) is 0 Å². The molecule has 2 aromatic carbocycles. The molecule has 0 heterocycles. The Morgan fingerprint density at radius 1 is 1.00 bits per heavy atom. The molecule has 0 fully saturated rings. The van der Waals surface area contributed by atoms with Gasteiger partial charge in [0.25, 0.3) is 0 Å². The maximum atomic E-state index is 12.2. The summed E-state index contributed by atoms with van der Waals surface area (Å²) in [5.41, 5.74) is 4.98. The number of fused-ring (bicyclic) bond motifs is 1. The van der Waals surface area contributed by atoms with E-state index in [1.807, 2.05) is 6.07 Å². The maximum Gasteiger partial charge on any atom is 0.337 e. The highest BCUT2D eigenvalue weighted by Crippen LogP contribution is 2.22. The fourth-order valence-corrected chi connectivity index (χ4v) is 3.09. The highest BCUT2D eigenvalue weighted by atomic mass is 16.5. The van der Waals surface area contributed by atoms with Crippen molar-refractivity contribution < 1.29 is 14.3 Å². The number of hydrogen-bond donors (Lipinski definition) is 1. The number of anilines is 1. The first-order valence-corrected chi connectivity index (χ1v) is 8.24. The Labute approximate surface area is 141 Å². The lowest BCUT2D eigenvalue weighted by Gasteiger charge is -2.16. The van der Waals surface area contributed by atoms with E-state index in [0.29, 0.717) is 17.7 Å². The average molecular weight is 323 g/mol. The molecule has 4 heteroatoms. The minimum absolute atomic E-state index is 0.0587. The number of carbonyl (C=O) groups excluding carboxylic acids is 2. The van der Waals surface area contributed by atoms with Gasteiger partial charge in [-0.2, -0.15) is 0 Å². The number of rotatable bonds is 4. The summed E-state index contributed by atoms with van der Waals surface area (Å²) in [5, 5.41) is 2.86. The molecule has 1 aliphatic carbocycles. The molecule has 1 aliphatic rings. The molecule has 4 nitrogen and oxygen atoms in total. The average Bonchev–Trinajstić information content (AvgIpc) is 2.61. The van der Waals surface area contributed by atoms with Gasteiger partial charge in [-0.1, -0.05) is 18.2 Å². The second-order valence-corrected chi connectivity index (χ2v) is 6.10. The van der Waals surface area contributed by atoms with Crippen LogP contribution in [-0.4, -0.2) is 19.0 Å². The molecule has 0 atom stereocenters. The van der Waals surface area contributed by atoms with E-state index in [0.717, 1.165) is 18.4 Å². The number of nitrogens with one attached hydrogen (secondary N) is 1. The summed E-state index contributed by atoms with van der Waals surface area (Å²) in [7, 11) is 1.34. The fraction of sp³-hybridized carbons (Fsp3) is 0.300. The van der Waals surface area contributed by atoms with Crippen LogP contribution in [0.5, 0.6) is 0 Å². The minimum atomic E-state index is -0.387. The third-order valence-corrected chi connectivity index (χ3v) is 4.37. The van der Waals surface area contributed by atoms with Crippen LogP contribution >= 0.6 is 0 Å². The van der Waals surface area contributed by atoms with Gasteiger partial charge in [0.2, 0.25) is 5.91 Å². The van der Waals surface area contributed by atoms with Gasteiger partial charge < -0.3 is 10.1 Å². The Balaban J connectivity index is 1.62. The van der Waals surface area contributed by atoms with E-state index in [-0.39, 0.29) is 11.9 Å². The topological polar surface area (TPSA) is 55.4 Å². The zero-order chi connectivity index (χ0) is 16.9. The number of ether oxygens (including phenoxy) is 1. The zero-order valence-corrected chi connectivity index (χ0v) is 13.8. The minimum Gasteiger partial charge on any atom is -0.465 e. The normalized spacial score (nSPS) is 13.0. The van der Waals surface area contributed by atoms with Crippen molar-refractivity contribution in [2.75, 3.05) is 12.4 Å². The van der Waals surface area contributed by atoms with Crippen LogP contribution < -0.4 is 5.32 Å². The van der Waals surface area contributed by atoms with Crippen LogP contribution in [0.3, 0.4) is 0 Å². The van der Waals surface area contributed by atoms with Gasteiger partial charge in [-0.3, -0.25) is 4.79 Å². The van der Waals surface area contributed by atoms with Gasteiger partial charge in [-0.15, -0.1) is 0 Å². The summed E-state index contributed by atoms with van der Waals surface area (Å²) in [6.07, 6.45) is 5.10. The molecule has 0 saturated carbocycles. The van der Waals surface area contributed by atoms with Crippen LogP contribution in [0.1, 0.15) is 39.9 Å². The molecule has 0 aromatic heterocycles. The third-order valence-electron chi connectivity index (χ3n) is 4.37. The van der Waals surface area contributed by atoms with Crippen LogP contribution in [0, 0.1) is 0 Å². The smallest absolute Gasteiger partial charge is 0.337 e. The van der Waals surface area contributed by atoms with Crippen molar-refractivity contribution in [3.63, 3.8) is 0 Å². The Morgan fingerprint density at radius 2 is 1.71 bits per heavy atom. The molecule has 0 spiro atoms. The molecule has 3 rings (SSSR count). The lowest BCUT2D eigenvalue weighted by atomic mass is 9.90. The van der Waals surface area contributed by atoms with Gasteiger partial charge in [-0.25, -0.2) is 4.79 Å². The molecule has 24 heavy (non-hydrogen) atoms. The van der Waals surface area contributed by atoms with E-state index in [1.54, 1.807) is 24.3 Å². The molecule has 1 amide bonds. The predicted molar refractivity (Wildman–Crippen MR) is 93.2 cm³/mol. The monoisotopic (exact) mass is 323 g/mol. The Hall–Kier alpha value is -2.62. The second-order valence-electron chi connectivity index (χ2n) is 6.10. The van der Waals surface area contributed by atoms with Crippen LogP contribution in [-0.2, 0) is 28.8 Å². The molecular formula is C20H21NO3. The largest absolute Gasteiger partial charge is 0.465 e. The van der Waals surface area contributed by atoms with Gasteiger partial charge in [-0.05, 0) is 66.6 Å². The zero-order valence-electron chi connectivity index (χ0n) is 13.8. The van der Waals surface area contributed by atoms with Crippen LogP contribution in [0.15, 0.2) is 42.5 Å². The number of hydrogen-bond acceptors (Lipinski definition) is 3. The summed E-state index contributed by atoms with van der Waals surface area (Å²) >= 11 is 0. The summed E-state index contributed by atoms with van der Waals surface area (Å²) in [4.78, 5) is 23.6. The maximum absolute atomic E-state index is 12.2. The van der Waals surface area contributed by atoms with E-state index in [4.69, 9.17) is 0 Å². The first-order valence-electron chi connectivity index (χ1n) is 8.24. The number of carbonyl (C=O) groups is 2. The standard InChI is InChI=1S/C20H21NO3/c1-24-20(23)16-8-10-18(11-9-16)21-19(22)13-14-6-7-15-4-2-3-5-17(15)12-14/h6-12H,2-5,13H2,1H3,(H,21,22). The molecule has 0 bridgehead atoms. The number of esters is 1. The quantitative estimate of drug-likeness (QED) is 0.876. The van der Waals surface area contributed by atoms with Gasteiger partial charge in [0.15, 0.2) is 0 Å². The van der Waals surface area contributed by atoms with Crippen LogP contribution in [0.4, 0.5) is 5.69 Å². The molecule has 0 radical (unpaired) electrons. The third kappa shape index (κ3) is 3.82. The van der Waals surface area contributed by atoms with Crippen molar-refractivity contribution in [1.29, 1.82) is 0 Å². The van der Waals surface area contributed by atoms with E-state index >= 15 is 0 Å². The molecule has 2 aromatic rings. The molecule has 0 saturated heterocycles. The molecule has 124 valence electrons. The first kappa shape index (κ1) is 16.2. The van der Waals surface area contributed by atoms with E-state index in [2.05, 4.69) is 22.2 Å². The van der Waals surface area contributed by atoms with E-state index < -0.39 is 0 Å². The van der Waals surface area contributed by atoms with Crippen molar-refractivity contribution in [2.24, 2.45) is 0 Å². The van der Waals surface area contributed by atoms with Crippen molar-refractivity contribution in [3.05, 3.63) is 64.7 Å². The van der Waals surface area contributed by atoms with Crippen LogP contribution in [0.25, 0.3) is 0 Å². The number of amides is 1.